The van der Waals surface area contributed by atoms with Gasteiger partial charge in [0.2, 0.25) is 0 Å². The van der Waals surface area contributed by atoms with Crippen LogP contribution in [-0.2, 0) is 13.1 Å². The highest BCUT2D eigenvalue weighted by Crippen LogP contribution is 2.38. The van der Waals surface area contributed by atoms with Crippen molar-refractivity contribution in [2.45, 2.75) is 47.7 Å². The lowest BCUT2D eigenvalue weighted by Gasteiger charge is -2.17. The normalized spacial score (nSPS) is 10.7. The molecule has 0 fully saturated rings. The Morgan fingerprint density at radius 2 is 1.26 bits per heavy atom. The molecule has 0 spiro atoms. The molecule has 2 rings (SSSR count). The average molecular weight is 439 g/mol. The Balaban J connectivity index is 0.000000311. The van der Waals surface area contributed by atoms with Gasteiger partial charge in [-0.15, -0.1) is 0 Å². The number of non-ortho nitro benzene ring substituents is 1. The molecule has 0 aliphatic heterocycles. The summed E-state index contributed by atoms with van der Waals surface area (Å²) in [5, 5.41) is 40.2. The van der Waals surface area contributed by atoms with Crippen LogP contribution in [0.25, 0.3) is 0 Å². The summed E-state index contributed by atoms with van der Waals surface area (Å²) >= 11 is 0. The Hall–Kier alpha value is -3.77. The van der Waals surface area contributed by atoms with Gasteiger partial charge in [-0.05, 0) is 18.8 Å². The predicted octanol–water partition coefficient (Wildman–Crippen LogP) is 3.39. The summed E-state index contributed by atoms with van der Waals surface area (Å²) in [6.45, 7) is 12.3. The highest BCUT2D eigenvalue weighted by atomic mass is 16.6. The third-order valence-corrected chi connectivity index (χ3v) is 4.02. The first-order chi connectivity index (χ1) is 14.3. The van der Waals surface area contributed by atoms with Crippen LogP contribution in [0.15, 0.2) is 23.0 Å². The third-order valence-electron chi connectivity index (χ3n) is 4.02. The van der Waals surface area contributed by atoms with Gasteiger partial charge in [-0.3, -0.25) is 44.5 Å². The molecule has 0 saturated heterocycles. The first kappa shape index (κ1) is 25.3. The van der Waals surface area contributed by atoms with Gasteiger partial charge in [0.1, 0.15) is 0 Å². The summed E-state index contributed by atoms with van der Waals surface area (Å²) in [5.41, 5.74) is -1.81. The van der Waals surface area contributed by atoms with Crippen LogP contribution < -0.4 is 5.56 Å². The van der Waals surface area contributed by atoms with Crippen LogP contribution >= 0.6 is 0 Å². The van der Waals surface area contributed by atoms with E-state index in [-0.39, 0.29) is 5.56 Å². The zero-order valence-corrected chi connectivity index (χ0v) is 17.8. The zero-order valence-electron chi connectivity index (χ0n) is 17.8. The van der Waals surface area contributed by atoms with Gasteiger partial charge in [0.05, 0.1) is 26.9 Å². The Morgan fingerprint density at radius 3 is 1.61 bits per heavy atom. The van der Waals surface area contributed by atoms with Gasteiger partial charge < -0.3 is 5.11 Å². The van der Waals surface area contributed by atoms with Crippen molar-refractivity contribution < 1.29 is 19.9 Å². The number of phenolic OH excluding ortho intramolecular Hbond substituents is 1. The minimum atomic E-state index is -1.21. The van der Waals surface area contributed by atoms with Crippen LogP contribution in [0.1, 0.15) is 33.4 Å². The standard InChI is InChI=1S/C12H22N2O.C6H3N3O7/c1-9(2)7-13-11(5)6-12(15)14(13)8-10(3)4;10-6-4(8(13)14)1-3(7(11)12)2-5(6)9(15)16/h6,9-10H,7-8H2,1-5H3;1-2,10H. The number of nitro benzene ring substituents is 3. The van der Waals surface area contributed by atoms with Crippen molar-refractivity contribution in [3.8, 4) is 5.75 Å². The van der Waals surface area contributed by atoms with E-state index in [0.29, 0.717) is 24.0 Å². The second kappa shape index (κ2) is 10.3. The molecule has 1 aromatic carbocycles. The van der Waals surface area contributed by atoms with Crippen LogP contribution in [0.2, 0.25) is 0 Å². The molecule has 0 saturated carbocycles. The number of aromatic hydroxyl groups is 1. The molecule has 31 heavy (non-hydrogen) atoms. The lowest BCUT2D eigenvalue weighted by molar-refractivity contribution is -0.404. The predicted molar refractivity (Wildman–Crippen MR) is 111 cm³/mol. The Morgan fingerprint density at radius 1 is 0.839 bits per heavy atom. The van der Waals surface area contributed by atoms with Crippen molar-refractivity contribution in [3.05, 3.63) is 64.6 Å². The quantitative estimate of drug-likeness (QED) is 0.504. The number of phenols is 1. The van der Waals surface area contributed by atoms with E-state index in [9.17, 15) is 35.1 Å². The number of hydrogen-bond donors (Lipinski definition) is 1. The lowest BCUT2D eigenvalue weighted by Crippen LogP contribution is -2.26. The molecule has 2 aromatic rings. The van der Waals surface area contributed by atoms with Crippen molar-refractivity contribution in [2.75, 3.05) is 0 Å². The van der Waals surface area contributed by atoms with E-state index in [1.165, 1.54) is 0 Å². The number of nitro groups is 3. The molecule has 0 aliphatic carbocycles. The molecule has 0 unspecified atom stereocenters. The third kappa shape index (κ3) is 6.62. The van der Waals surface area contributed by atoms with Gasteiger partial charge in [0.25, 0.3) is 17.0 Å². The van der Waals surface area contributed by atoms with Gasteiger partial charge >= 0.3 is 11.4 Å². The van der Waals surface area contributed by atoms with E-state index in [1.807, 2.05) is 11.6 Å². The number of aryl methyl sites for hydroxylation is 1. The van der Waals surface area contributed by atoms with E-state index < -0.39 is 37.6 Å². The summed E-state index contributed by atoms with van der Waals surface area (Å²) in [4.78, 5) is 39.5. The molecule has 0 bridgehead atoms. The zero-order chi connectivity index (χ0) is 24.0. The van der Waals surface area contributed by atoms with E-state index in [4.69, 9.17) is 5.11 Å². The molecular weight excluding hydrogens is 414 g/mol. The van der Waals surface area contributed by atoms with Crippen LogP contribution in [0, 0.1) is 49.1 Å². The van der Waals surface area contributed by atoms with E-state index in [1.54, 1.807) is 6.07 Å². The van der Waals surface area contributed by atoms with E-state index >= 15 is 0 Å². The summed E-state index contributed by atoms with van der Waals surface area (Å²) in [7, 11) is 0. The molecule has 0 amide bonds. The number of hydrogen-bond acceptors (Lipinski definition) is 8. The fourth-order valence-corrected chi connectivity index (χ4v) is 2.73. The summed E-state index contributed by atoms with van der Waals surface area (Å²) in [6, 6.07) is 2.62. The Labute approximate surface area is 177 Å². The van der Waals surface area contributed by atoms with Crippen LogP contribution in [0.3, 0.4) is 0 Å². The molecule has 1 aromatic heterocycles. The number of benzene rings is 1. The van der Waals surface area contributed by atoms with Crippen LogP contribution in [-0.4, -0.2) is 29.2 Å². The van der Waals surface area contributed by atoms with E-state index in [2.05, 4.69) is 32.4 Å². The second-order valence-electron chi connectivity index (χ2n) is 7.68. The fraction of sp³-hybridized carbons (Fsp3) is 0.500. The highest BCUT2D eigenvalue weighted by molar-refractivity contribution is 5.64. The van der Waals surface area contributed by atoms with Crippen molar-refractivity contribution in [2.24, 2.45) is 11.8 Å². The first-order valence-electron chi connectivity index (χ1n) is 9.33. The average Bonchev–Trinajstić information content (AvgIpc) is 2.87. The van der Waals surface area contributed by atoms with Gasteiger partial charge in [-0.25, -0.2) is 0 Å². The first-order valence-corrected chi connectivity index (χ1v) is 9.33. The molecule has 170 valence electrons. The SMILES string of the molecule is Cc1cc(=O)n(CC(C)C)n1CC(C)C.O=[N+]([O-])c1cc([N+](=O)[O-])c(O)c([N+](=O)[O-])c1. The fourth-order valence-electron chi connectivity index (χ4n) is 2.73. The number of aromatic nitrogens is 2. The maximum absolute atomic E-state index is 11.7. The molecule has 0 radical (unpaired) electrons. The van der Waals surface area contributed by atoms with E-state index in [0.717, 1.165) is 18.8 Å². The molecule has 13 nitrogen and oxygen atoms in total. The largest absolute Gasteiger partial charge is 0.497 e. The van der Waals surface area contributed by atoms with Crippen LogP contribution in [0.5, 0.6) is 5.75 Å². The summed E-state index contributed by atoms with van der Waals surface area (Å²) in [6.07, 6.45) is 0. The van der Waals surface area contributed by atoms with Crippen molar-refractivity contribution in [1.82, 2.24) is 9.36 Å². The van der Waals surface area contributed by atoms with Gasteiger partial charge in [0, 0.05) is 24.8 Å². The Bertz CT molecular complexity index is 1000. The molecular formula is C18H25N5O8. The van der Waals surface area contributed by atoms with Gasteiger partial charge in [-0.1, -0.05) is 27.7 Å². The Kier molecular flexibility index (Phi) is 8.41. The number of nitrogens with zero attached hydrogens (tertiary/aromatic N) is 5. The van der Waals surface area contributed by atoms with Gasteiger partial charge in [0.15, 0.2) is 0 Å². The monoisotopic (exact) mass is 439 g/mol. The molecule has 0 aliphatic rings. The summed E-state index contributed by atoms with van der Waals surface area (Å²) < 4.78 is 3.97. The minimum absolute atomic E-state index is 0.127. The highest BCUT2D eigenvalue weighted by Gasteiger charge is 2.30. The smallest absolute Gasteiger partial charge is 0.324 e. The second-order valence-corrected chi connectivity index (χ2v) is 7.68. The lowest BCUT2D eigenvalue weighted by atomic mass is 10.2. The molecule has 13 heteroatoms. The van der Waals surface area contributed by atoms with Crippen molar-refractivity contribution >= 4 is 17.1 Å². The molecule has 1 N–H and O–H groups in total. The molecule has 1 heterocycles. The van der Waals surface area contributed by atoms with Crippen molar-refractivity contribution in [1.29, 1.82) is 0 Å². The van der Waals surface area contributed by atoms with Crippen LogP contribution in [0.4, 0.5) is 17.1 Å². The van der Waals surface area contributed by atoms with Crippen molar-refractivity contribution in [3.63, 3.8) is 0 Å². The van der Waals surface area contributed by atoms with Gasteiger partial charge in [-0.2, -0.15) is 0 Å². The number of rotatable bonds is 7. The topological polar surface area (TPSA) is 177 Å². The minimum Gasteiger partial charge on any atom is -0.497 e. The summed E-state index contributed by atoms with van der Waals surface area (Å²) in [5.74, 6) is -0.141. The maximum atomic E-state index is 11.7. The molecule has 0 atom stereocenters. The maximum Gasteiger partial charge on any atom is 0.324 e.